The number of nitrogens with zero attached hydrogens (tertiary/aromatic N) is 2. The van der Waals surface area contributed by atoms with Gasteiger partial charge >= 0.3 is 51.4 Å². The van der Waals surface area contributed by atoms with Crippen LogP contribution in [-0.4, -0.2) is 66.8 Å². The SMILES string of the molecule is O.[KH].c1cncnc1. The van der Waals surface area contributed by atoms with Crippen LogP contribution in [0, 0.1) is 0 Å². The summed E-state index contributed by atoms with van der Waals surface area (Å²) in [4.78, 5) is 7.35. The molecule has 3 nitrogen and oxygen atoms in total. The maximum Gasteiger partial charge on any atom is 0.115 e. The first-order chi connectivity index (χ1) is 3.00. The zero-order valence-electron chi connectivity index (χ0n) is 3.70. The predicted octanol–water partition coefficient (Wildman–Crippen LogP) is -0.997. The van der Waals surface area contributed by atoms with Gasteiger partial charge in [-0.15, -0.1) is 0 Å². The summed E-state index contributed by atoms with van der Waals surface area (Å²) in [6.07, 6.45) is 4.88. The average molecular weight is 138 g/mol. The van der Waals surface area contributed by atoms with Gasteiger partial charge in [0.2, 0.25) is 0 Å². The van der Waals surface area contributed by atoms with E-state index in [1.54, 1.807) is 18.5 Å². The largest absolute Gasteiger partial charge is 0.245 e. The van der Waals surface area contributed by atoms with E-state index in [2.05, 4.69) is 9.97 Å². The molecule has 1 heterocycles. The van der Waals surface area contributed by atoms with E-state index in [0.717, 1.165) is 0 Å². The molecule has 8 heavy (non-hydrogen) atoms. The fourth-order valence-corrected chi connectivity index (χ4v) is 0.253. The van der Waals surface area contributed by atoms with Gasteiger partial charge in [-0.2, -0.15) is 0 Å². The normalized spacial score (nSPS) is 6.00. The van der Waals surface area contributed by atoms with Crippen molar-refractivity contribution in [2.75, 3.05) is 0 Å². The van der Waals surface area contributed by atoms with Crippen LogP contribution in [0.1, 0.15) is 0 Å². The minimum absolute atomic E-state index is 0. The Morgan fingerprint density at radius 2 is 1.50 bits per heavy atom. The van der Waals surface area contributed by atoms with E-state index in [4.69, 9.17) is 0 Å². The van der Waals surface area contributed by atoms with Crippen LogP contribution >= 0.6 is 0 Å². The smallest absolute Gasteiger partial charge is 0.115 e. The van der Waals surface area contributed by atoms with Crippen LogP contribution in [-0.2, 0) is 0 Å². The van der Waals surface area contributed by atoms with E-state index in [1.165, 1.54) is 6.33 Å². The van der Waals surface area contributed by atoms with Gasteiger partial charge in [0.25, 0.3) is 0 Å². The molecule has 0 unspecified atom stereocenters. The third kappa shape index (κ3) is 4.83. The summed E-state index contributed by atoms with van der Waals surface area (Å²) in [6.45, 7) is 0. The maximum atomic E-state index is 3.67. The van der Waals surface area contributed by atoms with Crippen molar-refractivity contribution in [1.82, 2.24) is 9.97 Å². The topological polar surface area (TPSA) is 57.3 Å². The molecule has 0 bridgehead atoms. The second-order valence-electron chi connectivity index (χ2n) is 0.904. The molecule has 1 rings (SSSR count). The van der Waals surface area contributed by atoms with Gasteiger partial charge in [0.1, 0.15) is 6.33 Å². The summed E-state index contributed by atoms with van der Waals surface area (Å²) in [6, 6.07) is 1.78. The van der Waals surface area contributed by atoms with Crippen molar-refractivity contribution in [3.8, 4) is 0 Å². The molecule has 1 aromatic rings. The van der Waals surface area contributed by atoms with Crippen LogP contribution in [0.4, 0.5) is 0 Å². The molecule has 0 saturated heterocycles. The van der Waals surface area contributed by atoms with E-state index < -0.39 is 0 Å². The quantitative estimate of drug-likeness (QED) is 0.432. The molecule has 40 valence electrons. The number of aromatic nitrogens is 2. The number of hydrogen-bond donors (Lipinski definition) is 0. The molecule has 0 aliphatic carbocycles. The van der Waals surface area contributed by atoms with E-state index in [1.807, 2.05) is 0 Å². The maximum absolute atomic E-state index is 3.67. The molecular weight excluding hydrogens is 131 g/mol. The van der Waals surface area contributed by atoms with Crippen molar-refractivity contribution in [2.24, 2.45) is 0 Å². The Labute approximate surface area is 90.3 Å². The molecular formula is C4H7KN2O. The molecule has 0 aliphatic heterocycles. The third-order valence-corrected chi connectivity index (χ3v) is 0.478. The summed E-state index contributed by atoms with van der Waals surface area (Å²) in [5.74, 6) is 0. The minimum atomic E-state index is 0. The molecule has 2 N–H and O–H groups in total. The zero-order chi connectivity index (χ0) is 4.24. The molecule has 0 aromatic carbocycles. The molecule has 4 heteroatoms. The molecule has 1 aromatic heterocycles. The van der Waals surface area contributed by atoms with Crippen molar-refractivity contribution in [3.63, 3.8) is 0 Å². The van der Waals surface area contributed by atoms with Gasteiger partial charge in [-0.25, -0.2) is 9.97 Å². The van der Waals surface area contributed by atoms with Crippen LogP contribution in [0.25, 0.3) is 0 Å². The van der Waals surface area contributed by atoms with Crippen LogP contribution in [0.5, 0.6) is 0 Å². The summed E-state index contributed by atoms with van der Waals surface area (Å²) < 4.78 is 0. The Bertz CT molecular complexity index is 86.0. The molecule has 0 radical (unpaired) electrons. The Morgan fingerprint density at radius 3 is 1.62 bits per heavy atom. The Morgan fingerprint density at radius 1 is 1.00 bits per heavy atom. The first kappa shape index (κ1) is 11.5. The molecule has 0 aliphatic rings. The first-order valence-corrected chi connectivity index (χ1v) is 1.70. The van der Waals surface area contributed by atoms with Gasteiger partial charge in [0, 0.05) is 12.4 Å². The van der Waals surface area contributed by atoms with Crippen molar-refractivity contribution in [2.45, 2.75) is 0 Å². The summed E-state index contributed by atoms with van der Waals surface area (Å²) in [5.41, 5.74) is 0. The predicted molar refractivity (Wildman–Crippen MR) is 32.8 cm³/mol. The van der Waals surface area contributed by atoms with Crippen LogP contribution in [0.15, 0.2) is 24.8 Å². The van der Waals surface area contributed by atoms with E-state index >= 15 is 0 Å². The summed E-state index contributed by atoms with van der Waals surface area (Å²) in [5, 5.41) is 0. The monoisotopic (exact) mass is 138 g/mol. The van der Waals surface area contributed by atoms with Gasteiger partial charge in [-0.05, 0) is 6.07 Å². The standard InChI is InChI=1S/C4H4N2.K.H2O.H/c1-2-5-4-6-3-1;;;/h1-4H;;1H2;. The fraction of sp³-hybridized carbons (Fsp3) is 0. The van der Waals surface area contributed by atoms with Crippen molar-refractivity contribution in [1.29, 1.82) is 0 Å². The van der Waals surface area contributed by atoms with E-state index in [-0.39, 0.29) is 56.9 Å². The van der Waals surface area contributed by atoms with Crippen LogP contribution in [0.3, 0.4) is 0 Å². The number of hydrogen-bond acceptors (Lipinski definition) is 2. The minimum Gasteiger partial charge on any atom is -0.245 e. The van der Waals surface area contributed by atoms with Gasteiger partial charge in [-0.1, -0.05) is 0 Å². The van der Waals surface area contributed by atoms with E-state index in [9.17, 15) is 0 Å². The van der Waals surface area contributed by atoms with Crippen LogP contribution < -0.4 is 0 Å². The third-order valence-electron chi connectivity index (χ3n) is 0.478. The van der Waals surface area contributed by atoms with Crippen molar-refractivity contribution >= 4 is 51.4 Å². The van der Waals surface area contributed by atoms with Gasteiger partial charge in [0.05, 0.1) is 0 Å². The first-order valence-electron chi connectivity index (χ1n) is 1.70. The summed E-state index contributed by atoms with van der Waals surface area (Å²) in [7, 11) is 0. The molecule has 0 atom stereocenters. The molecule has 0 fully saturated rings. The van der Waals surface area contributed by atoms with E-state index in [0.29, 0.717) is 0 Å². The fourth-order valence-electron chi connectivity index (χ4n) is 0.253. The van der Waals surface area contributed by atoms with Gasteiger partial charge < -0.3 is 5.48 Å². The second kappa shape index (κ2) is 7.68. The van der Waals surface area contributed by atoms with Crippen molar-refractivity contribution < 1.29 is 5.48 Å². The van der Waals surface area contributed by atoms with Crippen molar-refractivity contribution in [3.05, 3.63) is 24.8 Å². The Balaban J connectivity index is 0. The number of rotatable bonds is 0. The van der Waals surface area contributed by atoms with Crippen LogP contribution in [0.2, 0.25) is 0 Å². The van der Waals surface area contributed by atoms with Gasteiger partial charge in [-0.3, -0.25) is 0 Å². The second-order valence-corrected chi connectivity index (χ2v) is 0.904. The molecule has 0 spiro atoms. The molecule has 0 amide bonds. The Hall–Kier alpha value is 0.676. The Kier molecular flexibility index (Phi) is 11.0. The molecule has 0 saturated carbocycles. The van der Waals surface area contributed by atoms with Gasteiger partial charge in [0.15, 0.2) is 0 Å². The summed E-state index contributed by atoms with van der Waals surface area (Å²) >= 11 is 0. The zero-order valence-corrected chi connectivity index (χ0v) is 3.70. The average Bonchev–Trinajstić information content (AvgIpc) is 1.72.